The third-order valence-electron chi connectivity index (χ3n) is 1.35. The van der Waals surface area contributed by atoms with Gasteiger partial charge in [-0.1, -0.05) is 28.9 Å². The molecule has 0 bridgehead atoms. The molecular weight excluding hydrogens is 231 g/mol. The van der Waals surface area contributed by atoms with Gasteiger partial charge >= 0.3 is 6.18 Å². The summed E-state index contributed by atoms with van der Waals surface area (Å²) < 4.78 is 34.9. The van der Waals surface area contributed by atoms with E-state index in [1.165, 1.54) is 0 Å². The fraction of sp³-hybridized carbons (Fsp3) is 0.222. The third-order valence-corrected chi connectivity index (χ3v) is 1.59. The standard InChI is InChI=1S/C9H7ClF3NO/c10-8-3-1-2-7(4-8)5-14-15-6-9(11,12)13/h1-5H,6H2. The number of nitrogens with zero attached hydrogens (tertiary/aromatic N) is 1. The molecule has 0 heterocycles. The van der Waals surface area contributed by atoms with Crippen molar-refractivity contribution in [3.05, 3.63) is 34.9 Å². The van der Waals surface area contributed by atoms with Crippen molar-refractivity contribution in [1.82, 2.24) is 0 Å². The van der Waals surface area contributed by atoms with Crippen LogP contribution in [0, 0.1) is 0 Å². The molecule has 6 heteroatoms. The van der Waals surface area contributed by atoms with Crippen LogP contribution in [0.4, 0.5) is 13.2 Å². The molecule has 0 N–H and O–H groups in total. The van der Waals surface area contributed by atoms with Crippen molar-refractivity contribution in [1.29, 1.82) is 0 Å². The summed E-state index contributed by atoms with van der Waals surface area (Å²) >= 11 is 5.65. The molecule has 0 amide bonds. The number of halogens is 4. The Morgan fingerprint density at radius 3 is 2.73 bits per heavy atom. The van der Waals surface area contributed by atoms with Gasteiger partial charge in [-0.2, -0.15) is 13.2 Å². The first-order valence-electron chi connectivity index (χ1n) is 3.95. The van der Waals surface area contributed by atoms with Crippen LogP contribution in [0.5, 0.6) is 0 Å². The van der Waals surface area contributed by atoms with E-state index >= 15 is 0 Å². The van der Waals surface area contributed by atoms with E-state index in [0.717, 1.165) is 6.21 Å². The average molecular weight is 238 g/mol. The maximum atomic E-state index is 11.6. The molecule has 0 spiro atoms. The highest BCUT2D eigenvalue weighted by atomic mass is 35.5. The molecule has 0 aromatic heterocycles. The second-order valence-electron chi connectivity index (χ2n) is 2.68. The summed E-state index contributed by atoms with van der Waals surface area (Å²) in [6.07, 6.45) is -3.21. The van der Waals surface area contributed by atoms with Gasteiger partial charge in [-0.3, -0.25) is 0 Å². The van der Waals surface area contributed by atoms with Crippen LogP contribution in [-0.4, -0.2) is 19.0 Å². The van der Waals surface area contributed by atoms with Crippen molar-refractivity contribution < 1.29 is 18.0 Å². The first kappa shape index (κ1) is 11.8. The molecule has 1 rings (SSSR count). The van der Waals surface area contributed by atoms with E-state index in [-0.39, 0.29) is 0 Å². The van der Waals surface area contributed by atoms with Crippen LogP contribution in [0.1, 0.15) is 5.56 Å². The van der Waals surface area contributed by atoms with Gasteiger partial charge in [0.1, 0.15) is 0 Å². The topological polar surface area (TPSA) is 21.6 Å². The zero-order chi connectivity index (χ0) is 11.3. The molecule has 0 radical (unpaired) electrons. The zero-order valence-corrected chi connectivity index (χ0v) is 8.22. The molecule has 0 aliphatic heterocycles. The van der Waals surface area contributed by atoms with Crippen LogP contribution in [0.25, 0.3) is 0 Å². The molecular formula is C9H7ClF3NO. The second kappa shape index (κ2) is 5.02. The SMILES string of the molecule is FC(F)(F)CON=Cc1cccc(Cl)c1. The lowest BCUT2D eigenvalue weighted by molar-refractivity contribution is -0.173. The zero-order valence-electron chi connectivity index (χ0n) is 7.46. The Bertz CT molecular complexity index is 351. The van der Waals surface area contributed by atoms with Gasteiger partial charge in [-0.15, -0.1) is 0 Å². The molecule has 82 valence electrons. The van der Waals surface area contributed by atoms with E-state index in [2.05, 4.69) is 9.99 Å². The Labute approximate surface area is 89.3 Å². The predicted octanol–water partition coefficient (Wildman–Crippen LogP) is 3.25. The van der Waals surface area contributed by atoms with Crippen LogP contribution in [0.3, 0.4) is 0 Å². The Kier molecular flexibility index (Phi) is 3.96. The summed E-state index contributed by atoms with van der Waals surface area (Å²) in [5.74, 6) is 0. The molecule has 0 fully saturated rings. The molecule has 0 aliphatic rings. The minimum Gasteiger partial charge on any atom is -0.386 e. The third kappa shape index (κ3) is 5.27. The highest BCUT2D eigenvalue weighted by Gasteiger charge is 2.28. The van der Waals surface area contributed by atoms with Crippen LogP contribution in [0.15, 0.2) is 29.4 Å². The van der Waals surface area contributed by atoms with Crippen molar-refractivity contribution in [2.45, 2.75) is 6.18 Å². The van der Waals surface area contributed by atoms with Gasteiger partial charge in [0.05, 0.1) is 6.21 Å². The number of alkyl halides is 3. The van der Waals surface area contributed by atoms with Crippen LogP contribution in [0.2, 0.25) is 5.02 Å². The summed E-state index contributed by atoms with van der Waals surface area (Å²) in [5.41, 5.74) is 0.574. The molecule has 15 heavy (non-hydrogen) atoms. The first-order valence-corrected chi connectivity index (χ1v) is 4.33. The highest BCUT2D eigenvalue weighted by molar-refractivity contribution is 6.30. The molecule has 0 unspecified atom stereocenters. The number of hydrogen-bond acceptors (Lipinski definition) is 2. The maximum absolute atomic E-state index is 11.6. The number of benzene rings is 1. The van der Waals surface area contributed by atoms with Crippen LogP contribution >= 0.6 is 11.6 Å². The van der Waals surface area contributed by atoms with E-state index in [1.54, 1.807) is 24.3 Å². The van der Waals surface area contributed by atoms with Gasteiger partial charge < -0.3 is 4.84 Å². The van der Waals surface area contributed by atoms with Crippen molar-refractivity contribution in [3.8, 4) is 0 Å². The van der Waals surface area contributed by atoms with Gasteiger partial charge in [0.25, 0.3) is 0 Å². The molecule has 2 nitrogen and oxygen atoms in total. The van der Waals surface area contributed by atoms with E-state index in [0.29, 0.717) is 10.6 Å². The summed E-state index contributed by atoms with van der Waals surface area (Å²) in [6, 6.07) is 6.51. The largest absolute Gasteiger partial charge is 0.425 e. The van der Waals surface area contributed by atoms with E-state index in [4.69, 9.17) is 11.6 Å². The molecule has 1 aromatic rings. The van der Waals surface area contributed by atoms with Gasteiger partial charge in [-0.05, 0) is 17.7 Å². The Hall–Kier alpha value is -1.23. The summed E-state index contributed by atoms with van der Waals surface area (Å²) in [4.78, 5) is 4.04. The van der Waals surface area contributed by atoms with E-state index in [1.807, 2.05) is 0 Å². The van der Waals surface area contributed by atoms with Crippen molar-refractivity contribution >= 4 is 17.8 Å². The highest BCUT2D eigenvalue weighted by Crippen LogP contribution is 2.14. The summed E-state index contributed by atoms with van der Waals surface area (Å²) in [5, 5.41) is 3.65. The predicted molar refractivity (Wildman–Crippen MR) is 51.1 cm³/mol. The lowest BCUT2D eigenvalue weighted by Crippen LogP contribution is -2.14. The molecule has 0 saturated carbocycles. The minimum absolute atomic E-state index is 0.481. The fourth-order valence-electron chi connectivity index (χ4n) is 0.795. The van der Waals surface area contributed by atoms with Crippen molar-refractivity contribution in [3.63, 3.8) is 0 Å². The van der Waals surface area contributed by atoms with E-state index < -0.39 is 12.8 Å². The Morgan fingerprint density at radius 1 is 1.40 bits per heavy atom. The lowest BCUT2D eigenvalue weighted by Gasteiger charge is -2.02. The minimum atomic E-state index is -4.37. The molecule has 0 atom stereocenters. The fourth-order valence-corrected chi connectivity index (χ4v) is 0.994. The summed E-state index contributed by atoms with van der Waals surface area (Å²) in [6.45, 7) is -1.40. The van der Waals surface area contributed by atoms with E-state index in [9.17, 15) is 13.2 Å². The Morgan fingerprint density at radius 2 is 2.13 bits per heavy atom. The van der Waals surface area contributed by atoms with Crippen molar-refractivity contribution in [2.24, 2.45) is 5.16 Å². The monoisotopic (exact) mass is 237 g/mol. The quantitative estimate of drug-likeness (QED) is 0.584. The lowest BCUT2D eigenvalue weighted by atomic mass is 10.2. The average Bonchev–Trinajstić information content (AvgIpc) is 2.11. The first-order chi connectivity index (χ1) is 6.97. The molecule has 0 saturated heterocycles. The molecule has 1 aromatic carbocycles. The second-order valence-corrected chi connectivity index (χ2v) is 3.11. The normalized spacial score (nSPS) is 12.0. The number of hydrogen-bond donors (Lipinski definition) is 0. The van der Waals surface area contributed by atoms with Gasteiger partial charge in [-0.25, -0.2) is 0 Å². The van der Waals surface area contributed by atoms with Crippen LogP contribution in [-0.2, 0) is 4.84 Å². The van der Waals surface area contributed by atoms with Crippen LogP contribution < -0.4 is 0 Å². The number of oxime groups is 1. The van der Waals surface area contributed by atoms with Crippen molar-refractivity contribution in [2.75, 3.05) is 6.61 Å². The maximum Gasteiger partial charge on any atom is 0.425 e. The molecule has 0 aliphatic carbocycles. The van der Waals surface area contributed by atoms with Gasteiger partial charge in [0, 0.05) is 5.02 Å². The smallest absolute Gasteiger partial charge is 0.386 e. The van der Waals surface area contributed by atoms with Gasteiger partial charge in [0.15, 0.2) is 0 Å². The van der Waals surface area contributed by atoms with Gasteiger partial charge in [0.2, 0.25) is 6.61 Å². The summed E-state index contributed by atoms with van der Waals surface area (Å²) in [7, 11) is 0. The number of rotatable bonds is 3. The Balaban J connectivity index is 2.45.